The second kappa shape index (κ2) is 5.35. The monoisotopic (exact) mass is 305 g/mol. The number of aromatic nitrogens is 1. The highest BCUT2D eigenvalue weighted by molar-refractivity contribution is 5.94. The van der Waals surface area contributed by atoms with Crippen molar-refractivity contribution in [1.29, 1.82) is 0 Å². The molecule has 1 atom stereocenters. The van der Waals surface area contributed by atoms with E-state index in [1.165, 1.54) is 11.1 Å². The highest BCUT2D eigenvalue weighted by Crippen LogP contribution is 2.38. The molecule has 1 heterocycles. The molecule has 23 heavy (non-hydrogen) atoms. The maximum Gasteiger partial charge on any atom is 0.301 e. The van der Waals surface area contributed by atoms with E-state index in [9.17, 15) is 10.1 Å². The summed E-state index contributed by atoms with van der Waals surface area (Å²) in [6.07, 6.45) is 3.59. The molecule has 4 rings (SSSR count). The minimum Gasteiger partial charge on any atom is -0.373 e. The molecule has 0 radical (unpaired) electrons. The van der Waals surface area contributed by atoms with E-state index in [4.69, 9.17) is 0 Å². The van der Waals surface area contributed by atoms with Crippen LogP contribution in [0.4, 0.5) is 11.4 Å². The molecule has 0 spiro atoms. The number of nitro benzene ring substituents is 1. The van der Waals surface area contributed by atoms with Crippen molar-refractivity contribution in [2.24, 2.45) is 0 Å². The predicted molar refractivity (Wildman–Crippen MR) is 89.5 cm³/mol. The van der Waals surface area contributed by atoms with Gasteiger partial charge in [0.05, 0.1) is 21.9 Å². The van der Waals surface area contributed by atoms with Crippen LogP contribution in [0.15, 0.2) is 54.7 Å². The van der Waals surface area contributed by atoms with Gasteiger partial charge in [-0.2, -0.15) is 0 Å². The third kappa shape index (κ3) is 2.30. The largest absolute Gasteiger partial charge is 0.373 e. The van der Waals surface area contributed by atoms with E-state index in [0.717, 1.165) is 12.8 Å². The predicted octanol–water partition coefficient (Wildman–Crippen LogP) is 4.24. The van der Waals surface area contributed by atoms with Crippen molar-refractivity contribution in [2.75, 3.05) is 5.32 Å². The van der Waals surface area contributed by atoms with Crippen LogP contribution in [0.25, 0.3) is 10.9 Å². The van der Waals surface area contributed by atoms with Gasteiger partial charge in [0.1, 0.15) is 5.69 Å². The number of rotatable bonds is 3. The highest BCUT2D eigenvalue weighted by Gasteiger charge is 2.26. The van der Waals surface area contributed by atoms with E-state index in [-0.39, 0.29) is 16.7 Å². The first-order valence-electron chi connectivity index (χ1n) is 7.60. The van der Waals surface area contributed by atoms with Gasteiger partial charge in [-0.3, -0.25) is 15.1 Å². The van der Waals surface area contributed by atoms with Crippen LogP contribution in [0.2, 0.25) is 0 Å². The lowest BCUT2D eigenvalue weighted by Gasteiger charge is -2.16. The quantitative estimate of drug-likeness (QED) is 0.580. The third-order valence-corrected chi connectivity index (χ3v) is 4.40. The van der Waals surface area contributed by atoms with Gasteiger partial charge in [0, 0.05) is 6.20 Å². The van der Waals surface area contributed by atoms with Crippen LogP contribution in [0, 0.1) is 10.1 Å². The van der Waals surface area contributed by atoms with Gasteiger partial charge in [-0.1, -0.05) is 24.3 Å². The van der Waals surface area contributed by atoms with Crippen molar-refractivity contribution in [2.45, 2.75) is 18.9 Å². The van der Waals surface area contributed by atoms with Gasteiger partial charge >= 0.3 is 5.69 Å². The molecule has 0 saturated heterocycles. The molecule has 0 bridgehead atoms. The maximum atomic E-state index is 11.6. The lowest BCUT2D eigenvalue weighted by Crippen LogP contribution is -2.09. The molecule has 1 unspecified atom stereocenters. The molecular weight excluding hydrogens is 290 g/mol. The number of anilines is 1. The van der Waals surface area contributed by atoms with Crippen LogP contribution in [-0.2, 0) is 6.42 Å². The van der Waals surface area contributed by atoms with Crippen LogP contribution in [0.3, 0.4) is 0 Å². The summed E-state index contributed by atoms with van der Waals surface area (Å²) in [7, 11) is 0. The molecule has 1 aliphatic carbocycles. The van der Waals surface area contributed by atoms with E-state index in [2.05, 4.69) is 22.4 Å². The fraction of sp³-hybridized carbons (Fsp3) is 0.167. The van der Waals surface area contributed by atoms with Gasteiger partial charge in [0.25, 0.3) is 0 Å². The van der Waals surface area contributed by atoms with Crippen molar-refractivity contribution in [3.05, 3.63) is 76.0 Å². The van der Waals surface area contributed by atoms with Gasteiger partial charge in [-0.05, 0) is 48.2 Å². The van der Waals surface area contributed by atoms with E-state index >= 15 is 0 Å². The van der Waals surface area contributed by atoms with E-state index in [1.807, 2.05) is 18.2 Å². The van der Waals surface area contributed by atoms with Crippen LogP contribution >= 0.6 is 0 Å². The fourth-order valence-corrected chi connectivity index (χ4v) is 3.34. The first kappa shape index (κ1) is 13.7. The van der Waals surface area contributed by atoms with Gasteiger partial charge in [-0.15, -0.1) is 0 Å². The molecule has 1 N–H and O–H groups in total. The standard InChI is InChI=1S/C18H15N3O2/c22-21(23)18-14-6-3-11-19-15(14)9-10-17(18)20-16-8-7-12-4-1-2-5-13(12)16/h1-6,9-11,16,20H,7-8H2. The van der Waals surface area contributed by atoms with Crippen molar-refractivity contribution in [3.8, 4) is 0 Å². The molecule has 3 aromatic rings. The van der Waals surface area contributed by atoms with Crippen LogP contribution < -0.4 is 5.32 Å². The van der Waals surface area contributed by atoms with Crippen LogP contribution in [-0.4, -0.2) is 9.91 Å². The summed E-state index contributed by atoms with van der Waals surface area (Å²) in [4.78, 5) is 15.5. The number of benzene rings is 2. The summed E-state index contributed by atoms with van der Waals surface area (Å²) in [5.41, 5.74) is 3.83. The number of hydrogen-bond acceptors (Lipinski definition) is 4. The van der Waals surface area contributed by atoms with Gasteiger partial charge in [-0.25, -0.2) is 0 Å². The number of hydrogen-bond donors (Lipinski definition) is 1. The van der Waals surface area contributed by atoms with Crippen LogP contribution in [0.1, 0.15) is 23.6 Å². The van der Waals surface area contributed by atoms with Crippen molar-refractivity contribution < 1.29 is 4.92 Å². The second-order valence-corrected chi connectivity index (χ2v) is 5.72. The second-order valence-electron chi connectivity index (χ2n) is 5.72. The Hall–Kier alpha value is -2.95. The SMILES string of the molecule is O=[N+]([O-])c1c(NC2CCc3ccccc32)ccc2ncccc12. The van der Waals surface area contributed by atoms with Gasteiger partial charge in [0.2, 0.25) is 0 Å². The van der Waals surface area contributed by atoms with Crippen molar-refractivity contribution in [3.63, 3.8) is 0 Å². The summed E-state index contributed by atoms with van der Waals surface area (Å²) in [5.74, 6) is 0. The number of pyridine rings is 1. The molecule has 1 aromatic heterocycles. The maximum absolute atomic E-state index is 11.6. The minimum absolute atomic E-state index is 0.0972. The van der Waals surface area contributed by atoms with E-state index in [1.54, 1.807) is 24.4 Å². The number of nitro groups is 1. The summed E-state index contributed by atoms with van der Waals surface area (Å²) < 4.78 is 0. The zero-order valence-electron chi connectivity index (χ0n) is 12.4. The van der Waals surface area contributed by atoms with Crippen molar-refractivity contribution >= 4 is 22.3 Å². The smallest absolute Gasteiger partial charge is 0.301 e. The van der Waals surface area contributed by atoms with Gasteiger partial charge < -0.3 is 5.32 Å². The Morgan fingerprint density at radius 1 is 1.13 bits per heavy atom. The summed E-state index contributed by atoms with van der Waals surface area (Å²) >= 11 is 0. The summed E-state index contributed by atoms with van der Waals surface area (Å²) in [6, 6.07) is 15.4. The Bertz CT molecular complexity index is 908. The highest BCUT2D eigenvalue weighted by atomic mass is 16.6. The number of aryl methyl sites for hydroxylation is 1. The Labute approximate surface area is 133 Å². The summed E-state index contributed by atoms with van der Waals surface area (Å²) in [6.45, 7) is 0. The minimum atomic E-state index is -0.326. The van der Waals surface area contributed by atoms with Gasteiger partial charge in [0.15, 0.2) is 0 Å². The van der Waals surface area contributed by atoms with Crippen LogP contribution in [0.5, 0.6) is 0 Å². The molecular formula is C18H15N3O2. The zero-order valence-corrected chi connectivity index (χ0v) is 12.4. The van der Waals surface area contributed by atoms with E-state index in [0.29, 0.717) is 16.6 Å². The number of nitrogens with zero attached hydrogens (tertiary/aromatic N) is 2. The molecule has 0 amide bonds. The molecule has 0 saturated carbocycles. The first-order chi connectivity index (χ1) is 11.2. The lowest BCUT2D eigenvalue weighted by molar-refractivity contribution is -0.382. The molecule has 2 aromatic carbocycles. The molecule has 5 nitrogen and oxygen atoms in total. The Balaban J connectivity index is 1.78. The molecule has 5 heteroatoms. The molecule has 1 aliphatic rings. The average molecular weight is 305 g/mol. The fourth-order valence-electron chi connectivity index (χ4n) is 3.34. The Morgan fingerprint density at radius 2 is 2.00 bits per heavy atom. The average Bonchev–Trinajstić information content (AvgIpc) is 2.97. The molecule has 0 fully saturated rings. The number of nitrogens with one attached hydrogen (secondary N) is 1. The lowest BCUT2D eigenvalue weighted by atomic mass is 10.1. The third-order valence-electron chi connectivity index (χ3n) is 4.40. The number of fused-ring (bicyclic) bond motifs is 2. The Morgan fingerprint density at radius 3 is 2.87 bits per heavy atom. The molecule has 0 aliphatic heterocycles. The molecule has 114 valence electrons. The van der Waals surface area contributed by atoms with E-state index < -0.39 is 0 Å². The normalized spacial score (nSPS) is 16.3. The Kier molecular flexibility index (Phi) is 3.19. The van der Waals surface area contributed by atoms with Crippen molar-refractivity contribution in [1.82, 2.24) is 4.98 Å². The summed E-state index contributed by atoms with van der Waals surface area (Å²) in [5, 5.41) is 15.5. The topological polar surface area (TPSA) is 68.1 Å². The first-order valence-corrected chi connectivity index (χ1v) is 7.60. The zero-order chi connectivity index (χ0) is 15.8.